The van der Waals surface area contributed by atoms with Crippen LogP contribution in [-0.4, -0.2) is 29.9 Å². The van der Waals surface area contributed by atoms with Gasteiger partial charge in [0.25, 0.3) is 0 Å². The molecule has 1 aliphatic rings. The molecule has 1 amide bonds. The van der Waals surface area contributed by atoms with Crippen molar-refractivity contribution in [3.8, 4) is 0 Å². The van der Waals surface area contributed by atoms with Gasteiger partial charge in [0, 0.05) is 25.6 Å². The number of nitrogens with two attached hydrogens (primary N) is 1. The Morgan fingerprint density at radius 2 is 2.41 bits per heavy atom. The molecule has 2 N–H and O–H groups in total. The van der Waals surface area contributed by atoms with Crippen LogP contribution in [-0.2, 0) is 11.2 Å². The fourth-order valence-electron chi connectivity index (χ4n) is 2.08. The summed E-state index contributed by atoms with van der Waals surface area (Å²) < 4.78 is 0. The summed E-state index contributed by atoms with van der Waals surface area (Å²) in [4.78, 5) is 13.8. The second-order valence-electron chi connectivity index (χ2n) is 4.37. The van der Waals surface area contributed by atoms with E-state index in [9.17, 15) is 4.79 Å². The Bertz CT molecular complexity index is 342. The first-order chi connectivity index (χ1) is 7.75. The van der Waals surface area contributed by atoms with E-state index >= 15 is 0 Å². The summed E-state index contributed by atoms with van der Waals surface area (Å²) in [6.45, 7) is 1.62. The zero-order chi connectivity index (χ0) is 11.4. The molecular weight excluding hydrogens is 256 g/mol. The van der Waals surface area contributed by atoms with E-state index in [0.717, 1.165) is 32.4 Å². The third-order valence-corrected chi connectivity index (χ3v) is 3.75. The second kappa shape index (κ2) is 6.99. The van der Waals surface area contributed by atoms with Crippen molar-refractivity contribution in [1.82, 2.24) is 4.90 Å². The van der Waals surface area contributed by atoms with Gasteiger partial charge in [-0.2, -0.15) is 11.3 Å². The molecule has 1 atom stereocenters. The van der Waals surface area contributed by atoms with E-state index in [2.05, 4.69) is 16.8 Å². The zero-order valence-corrected chi connectivity index (χ0v) is 11.4. The van der Waals surface area contributed by atoms with E-state index in [1.807, 2.05) is 4.90 Å². The third kappa shape index (κ3) is 4.30. The molecule has 2 rings (SSSR count). The Balaban J connectivity index is 0.00000144. The summed E-state index contributed by atoms with van der Waals surface area (Å²) in [5.41, 5.74) is 7.13. The minimum Gasteiger partial charge on any atom is -0.341 e. The molecule has 0 aromatic carbocycles. The van der Waals surface area contributed by atoms with Gasteiger partial charge in [0.05, 0.1) is 0 Å². The van der Waals surface area contributed by atoms with E-state index < -0.39 is 0 Å². The number of likely N-dealkylation sites (tertiary alicyclic amines) is 1. The summed E-state index contributed by atoms with van der Waals surface area (Å²) in [6, 6.07) is 2.26. The lowest BCUT2D eigenvalue weighted by Gasteiger charge is -2.30. The van der Waals surface area contributed by atoms with Crippen LogP contribution < -0.4 is 5.73 Å². The van der Waals surface area contributed by atoms with Gasteiger partial charge in [0.1, 0.15) is 0 Å². The minimum atomic E-state index is 0. The number of hydrogen-bond acceptors (Lipinski definition) is 3. The number of carbonyl (C=O) groups is 1. The molecule has 1 aromatic rings. The van der Waals surface area contributed by atoms with E-state index in [0.29, 0.717) is 6.42 Å². The van der Waals surface area contributed by atoms with Crippen LogP contribution in [0.5, 0.6) is 0 Å². The fraction of sp³-hybridized carbons (Fsp3) is 0.583. The molecule has 0 aliphatic carbocycles. The first-order valence-corrected chi connectivity index (χ1v) is 6.74. The largest absolute Gasteiger partial charge is 0.341 e. The van der Waals surface area contributed by atoms with Gasteiger partial charge in [-0.25, -0.2) is 0 Å². The maximum absolute atomic E-state index is 11.9. The lowest BCUT2D eigenvalue weighted by Crippen LogP contribution is -2.45. The Labute approximate surface area is 112 Å². The van der Waals surface area contributed by atoms with Gasteiger partial charge in [-0.15, -0.1) is 12.4 Å². The number of piperidine rings is 1. The van der Waals surface area contributed by atoms with Crippen molar-refractivity contribution in [2.45, 2.75) is 31.7 Å². The van der Waals surface area contributed by atoms with Crippen molar-refractivity contribution >= 4 is 29.7 Å². The third-order valence-electron chi connectivity index (χ3n) is 3.02. The average molecular weight is 275 g/mol. The van der Waals surface area contributed by atoms with Gasteiger partial charge in [-0.1, -0.05) is 0 Å². The molecule has 0 bridgehead atoms. The Hall–Kier alpha value is -0.580. The summed E-state index contributed by atoms with van der Waals surface area (Å²) in [5, 5.41) is 4.16. The molecule has 0 spiro atoms. The smallest absolute Gasteiger partial charge is 0.222 e. The van der Waals surface area contributed by atoms with Crippen LogP contribution in [0.15, 0.2) is 16.8 Å². The number of nitrogens with zero attached hydrogens (tertiary/aromatic N) is 1. The molecule has 0 saturated carbocycles. The van der Waals surface area contributed by atoms with Crippen molar-refractivity contribution in [2.75, 3.05) is 13.1 Å². The number of rotatable bonds is 3. The Morgan fingerprint density at radius 3 is 3.06 bits per heavy atom. The SMILES string of the molecule is Cl.NC1CCCN(C(=O)CCc2ccsc2)C1. The zero-order valence-electron chi connectivity index (χ0n) is 9.80. The number of thiophene rings is 1. The summed E-state index contributed by atoms with van der Waals surface area (Å²) in [6.07, 6.45) is 3.57. The van der Waals surface area contributed by atoms with Crippen molar-refractivity contribution in [3.63, 3.8) is 0 Å². The fourth-order valence-corrected chi connectivity index (χ4v) is 2.78. The molecule has 1 saturated heterocycles. The summed E-state index contributed by atoms with van der Waals surface area (Å²) in [5.74, 6) is 0.251. The molecule has 2 heterocycles. The van der Waals surface area contributed by atoms with Crippen LogP contribution in [0.2, 0.25) is 0 Å². The van der Waals surface area contributed by atoms with E-state index in [1.165, 1.54) is 5.56 Å². The quantitative estimate of drug-likeness (QED) is 0.917. The lowest BCUT2D eigenvalue weighted by molar-refractivity contribution is -0.132. The van der Waals surface area contributed by atoms with Crippen LogP contribution in [0.1, 0.15) is 24.8 Å². The predicted octanol–water partition coefficient (Wildman–Crippen LogP) is 2.05. The highest BCUT2D eigenvalue weighted by Gasteiger charge is 2.20. The summed E-state index contributed by atoms with van der Waals surface area (Å²) >= 11 is 1.68. The molecular formula is C12H19ClN2OS. The van der Waals surface area contributed by atoms with E-state index in [4.69, 9.17) is 5.73 Å². The molecule has 1 unspecified atom stereocenters. The van der Waals surface area contributed by atoms with Crippen LogP contribution in [0.4, 0.5) is 0 Å². The molecule has 5 heteroatoms. The first-order valence-electron chi connectivity index (χ1n) is 5.80. The van der Waals surface area contributed by atoms with Crippen molar-refractivity contribution in [2.24, 2.45) is 5.73 Å². The Kier molecular flexibility index (Phi) is 5.95. The maximum atomic E-state index is 11.9. The molecule has 96 valence electrons. The van der Waals surface area contributed by atoms with Crippen LogP contribution in [0.25, 0.3) is 0 Å². The van der Waals surface area contributed by atoms with E-state index in [1.54, 1.807) is 11.3 Å². The highest BCUT2D eigenvalue weighted by Crippen LogP contribution is 2.12. The van der Waals surface area contributed by atoms with Gasteiger partial charge < -0.3 is 10.6 Å². The molecule has 17 heavy (non-hydrogen) atoms. The number of halogens is 1. The molecule has 3 nitrogen and oxygen atoms in total. The van der Waals surface area contributed by atoms with Gasteiger partial charge >= 0.3 is 0 Å². The predicted molar refractivity (Wildman–Crippen MR) is 73.7 cm³/mol. The second-order valence-corrected chi connectivity index (χ2v) is 5.15. The molecule has 0 radical (unpaired) electrons. The van der Waals surface area contributed by atoms with Gasteiger partial charge in [0.15, 0.2) is 0 Å². The van der Waals surface area contributed by atoms with Gasteiger partial charge in [0.2, 0.25) is 5.91 Å². The van der Waals surface area contributed by atoms with E-state index in [-0.39, 0.29) is 24.4 Å². The number of hydrogen-bond donors (Lipinski definition) is 1. The number of carbonyl (C=O) groups excluding carboxylic acids is 1. The standard InChI is InChI=1S/C12H18N2OS.ClH/c13-11-2-1-6-14(8-11)12(15)4-3-10-5-7-16-9-10;/h5,7,9,11H,1-4,6,8,13H2;1H. The van der Waals surface area contributed by atoms with Crippen molar-refractivity contribution in [1.29, 1.82) is 0 Å². The molecule has 1 aromatic heterocycles. The maximum Gasteiger partial charge on any atom is 0.222 e. The van der Waals surface area contributed by atoms with Crippen molar-refractivity contribution < 1.29 is 4.79 Å². The van der Waals surface area contributed by atoms with Gasteiger partial charge in [-0.05, 0) is 41.7 Å². The molecule has 1 aliphatic heterocycles. The number of amides is 1. The normalized spacial score (nSPS) is 19.8. The Morgan fingerprint density at radius 1 is 1.59 bits per heavy atom. The molecule has 1 fully saturated rings. The highest BCUT2D eigenvalue weighted by atomic mass is 35.5. The summed E-state index contributed by atoms with van der Waals surface area (Å²) in [7, 11) is 0. The lowest BCUT2D eigenvalue weighted by atomic mass is 10.1. The average Bonchev–Trinajstić information content (AvgIpc) is 2.78. The first kappa shape index (κ1) is 14.5. The topological polar surface area (TPSA) is 46.3 Å². The van der Waals surface area contributed by atoms with Crippen LogP contribution >= 0.6 is 23.7 Å². The van der Waals surface area contributed by atoms with Crippen LogP contribution in [0.3, 0.4) is 0 Å². The van der Waals surface area contributed by atoms with Gasteiger partial charge in [-0.3, -0.25) is 4.79 Å². The van der Waals surface area contributed by atoms with Crippen LogP contribution in [0, 0.1) is 0 Å². The minimum absolute atomic E-state index is 0. The highest BCUT2D eigenvalue weighted by molar-refractivity contribution is 7.07. The van der Waals surface area contributed by atoms with Crippen molar-refractivity contribution in [3.05, 3.63) is 22.4 Å². The number of aryl methyl sites for hydroxylation is 1. The monoisotopic (exact) mass is 274 g/mol.